The maximum absolute atomic E-state index is 12.5. The van der Waals surface area contributed by atoms with Gasteiger partial charge in [0.1, 0.15) is 11.2 Å². The van der Waals surface area contributed by atoms with Gasteiger partial charge in [-0.25, -0.2) is 14.4 Å². The number of likely N-dealkylation sites (tertiary alicyclic amines) is 1. The van der Waals surface area contributed by atoms with Crippen LogP contribution in [0.2, 0.25) is 0 Å². The van der Waals surface area contributed by atoms with Gasteiger partial charge in [0.2, 0.25) is 5.96 Å². The molecule has 0 aromatic carbocycles. The molecule has 1 atom stereocenters. The lowest BCUT2D eigenvalue weighted by molar-refractivity contribution is -0.141. The van der Waals surface area contributed by atoms with Gasteiger partial charge in [0, 0.05) is 17.8 Å². The summed E-state index contributed by atoms with van der Waals surface area (Å²) >= 11 is 0. The fourth-order valence-electron chi connectivity index (χ4n) is 2.82. The summed E-state index contributed by atoms with van der Waals surface area (Å²) in [4.78, 5) is 54.0. The standard InChI is InChI=1S/C21H33N3O8/c1-20(2,3)31-18(27)22-17(23-19(28)32-21(4,5)6)24-13(11-15(25)29-7)9-10-14(24)12-16(26)30-8/h11,14H,9-10,12H2,1-8H3,(H,22,23,27,28)/b13-11+. The number of hydrogen-bond donors (Lipinski definition) is 1. The highest BCUT2D eigenvalue weighted by atomic mass is 16.6. The number of esters is 2. The second-order valence-electron chi connectivity index (χ2n) is 9.04. The van der Waals surface area contributed by atoms with E-state index in [4.69, 9.17) is 18.9 Å². The molecule has 11 nitrogen and oxygen atoms in total. The second-order valence-corrected chi connectivity index (χ2v) is 9.04. The number of guanidine groups is 1. The number of rotatable bonds is 3. The maximum Gasteiger partial charge on any atom is 0.437 e. The fraction of sp³-hybridized carbons (Fsp3) is 0.667. The van der Waals surface area contributed by atoms with Crippen molar-refractivity contribution in [3.8, 4) is 0 Å². The molecule has 1 rings (SSSR count). The quantitative estimate of drug-likeness (QED) is 0.224. The number of amides is 2. The van der Waals surface area contributed by atoms with Crippen LogP contribution in [-0.4, -0.2) is 66.4 Å². The molecule has 0 aromatic heterocycles. The van der Waals surface area contributed by atoms with Crippen LogP contribution in [0.15, 0.2) is 16.8 Å². The molecule has 11 heteroatoms. The van der Waals surface area contributed by atoms with Crippen LogP contribution in [0.1, 0.15) is 60.8 Å². The molecule has 1 unspecified atom stereocenters. The molecule has 1 aliphatic heterocycles. The lowest BCUT2D eigenvalue weighted by atomic mass is 10.1. The summed E-state index contributed by atoms with van der Waals surface area (Å²) in [6.45, 7) is 10.0. The van der Waals surface area contributed by atoms with E-state index in [9.17, 15) is 19.2 Å². The van der Waals surface area contributed by atoms with Crippen molar-refractivity contribution in [2.24, 2.45) is 4.99 Å². The predicted octanol–water partition coefficient (Wildman–Crippen LogP) is 2.89. The Balaban J connectivity index is 3.43. The van der Waals surface area contributed by atoms with Gasteiger partial charge in [0.15, 0.2) is 0 Å². The first-order valence-electron chi connectivity index (χ1n) is 10.1. The third-order valence-corrected chi connectivity index (χ3v) is 3.96. The number of nitrogens with zero attached hydrogens (tertiary/aromatic N) is 2. The number of carbonyl (C=O) groups is 4. The highest BCUT2D eigenvalue weighted by molar-refractivity contribution is 6.00. The van der Waals surface area contributed by atoms with E-state index in [-0.39, 0.29) is 12.4 Å². The SMILES string of the molecule is COC(=O)/C=C1\CCC(CC(=O)OC)N1/C(=N\C(=O)OC(C)(C)C)NC(=O)OC(C)(C)C. The van der Waals surface area contributed by atoms with E-state index in [1.807, 2.05) is 0 Å². The van der Waals surface area contributed by atoms with E-state index in [0.29, 0.717) is 18.5 Å². The average Bonchev–Trinajstić information content (AvgIpc) is 2.99. The number of aliphatic imine (C=N–C) groups is 1. The number of allylic oxidation sites excluding steroid dienone is 1. The van der Waals surface area contributed by atoms with Gasteiger partial charge in [-0.05, 0) is 54.4 Å². The summed E-state index contributed by atoms with van der Waals surface area (Å²) in [7, 11) is 2.47. The van der Waals surface area contributed by atoms with E-state index < -0.39 is 41.4 Å². The van der Waals surface area contributed by atoms with Gasteiger partial charge in [-0.3, -0.25) is 10.1 Å². The number of alkyl carbamates (subject to hydrolysis) is 1. The van der Waals surface area contributed by atoms with E-state index >= 15 is 0 Å². The topological polar surface area (TPSA) is 133 Å². The molecule has 0 bridgehead atoms. The van der Waals surface area contributed by atoms with Crippen LogP contribution in [0, 0.1) is 0 Å². The van der Waals surface area contributed by atoms with Crippen molar-refractivity contribution in [2.45, 2.75) is 78.0 Å². The minimum Gasteiger partial charge on any atom is -0.469 e. The fourth-order valence-corrected chi connectivity index (χ4v) is 2.82. The first-order valence-corrected chi connectivity index (χ1v) is 10.1. The van der Waals surface area contributed by atoms with Gasteiger partial charge in [-0.1, -0.05) is 0 Å². The second kappa shape index (κ2) is 11.0. The molecule has 0 spiro atoms. The summed E-state index contributed by atoms with van der Waals surface area (Å²) in [5, 5.41) is 2.44. The van der Waals surface area contributed by atoms with Gasteiger partial charge in [0.05, 0.1) is 20.6 Å². The summed E-state index contributed by atoms with van der Waals surface area (Å²) in [6, 6.07) is -0.547. The lowest BCUT2D eigenvalue weighted by Gasteiger charge is -2.29. The first-order chi connectivity index (χ1) is 14.6. The number of carbonyl (C=O) groups excluding carboxylic acids is 4. The minimum atomic E-state index is -0.968. The number of methoxy groups -OCH3 is 2. The van der Waals surface area contributed by atoms with Crippen molar-refractivity contribution in [2.75, 3.05) is 14.2 Å². The molecule has 180 valence electrons. The van der Waals surface area contributed by atoms with Crippen molar-refractivity contribution < 1.29 is 38.1 Å². The first kappa shape index (κ1) is 26.9. The van der Waals surface area contributed by atoms with Gasteiger partial charge in [0.25, 0.3) is 0 Å². The lowest BCUT2D eigenvalue weighted by Crippen LogP contribution is -2.48. The largest absolute Gasteiger partial charge is 0.469 e. The monoisotopic (exact) mass is 455 g/mol. The van der Waals surface area contributed by atoms with Crippen LogP contribution >= 0.6 is 0 Å². The number of ether oxygens (including phenoxy) is 4. The van der Waals surface area contributed by atoms with Crippen molar-refractivity contribution in [3.05, 3.63) is 11.8 Å². The van der Waals surface area contributed by atoms with Crippen LogP contribution in [0.3, 0.4) is 0 Å². The molecule has 1 N–H and O–H groups in total. The molecular formula is C21H33N3O8. The Bertz CT molecular complexity index is 790. The van der Waals surface area contributed by atoms with Gasteiger partial charge < -0.3 is 23.8 Å². The van der Waals surface area contributed by atoms with Gasteiger partial charge in [-0.15, -0.1) is 4.99 Å². The smallest absolute Gasteiger partial charge is 0.437 e. The van der Waals surface area contributed by atoms with Gasteiger partial charge >= 0.3 is 24.1 Å². The molecule has 1 fully saturated rings. The third kappa shape index (κ3) is 9.36. The van der Waals surface area contributed by atoms with Crippen LogP contribution in [0.5, 0.6) is 0 Å². The van der Waals surface area contributed by atoms with Crippen molar-refractivity contribution in [3.63, 3.8) is 0 Å². The van der Waals surface area contributed by atoms with Crippen LogP contribution in [0.4, 0.5) is 9.59 Å². The molecule has 0 radical (unpaired) electrons. The molecule has 1 heterocycles. The molecule has 0 saturated carbocycles. The highest BCUT2D eigenvalue weighted by Crippen LogP contribution is 2.30. The zero-order valence-corrected chi connectivity index (χ0v) is 19.9. The normalized spacial score (nSPS) is 18.2. The maximum atomic E-state index is 12.5. The van der Waals surface area contributed by atoms with Crippen LogP contribution in [-0.2, 0) is 28.5 Å². The van der Waals surface area contributed by atoms with Crippen molar-refractivity contribution in [1.29, 1.82) is 0 Å². The van der Waals surface area contributed by atoms with E-state index in [1.54, 1.807) is 41.5 Å². The van der Waals surface area contributed by atoms with Crippen molar-refractivity contribution in [1.82, 2.24) is 10.2 Å². The Hall–Kier alpha value is -3.11. The third-order valence-electron chi connectivity index (χ3n) is 3.96. The Labute approximate surface area is 188 Å². The molecule has 1 saturated heterocycles. The van der Waals surface area contributed by atoms with E-state index in [0.717, 1.165) is 0 Å². The van der Waals surface area contributed by atoms with Crippen molar-refractivity contribution >= 4 is 30.1 Å². The summed E-state index contributed by atoms with van der Waals surface area (Å²) < 4.78 is 20.0. The average molecular weight is 456 g/mol. The van der Waals surface area contributed by atoms with E-state index in [2.05, 4.69) is 10.3 Å². The Morgan fingerprint density at radius 2 is 1.62 bits per heavy atom. The highest BCUT2D eigenvalue weighted by Gasteiger charge is 2.36. The van der Waals surface area contributed by atoms with Crippen LogP contribution < -0.4 is 5.32 Å². The van der Waals surface area contributed by atoms with E-state index in [1.165, 1.54) is 25.2 Å². The Morgan fingerprint density at radius 1 is 1.03 bits per heavy atom. The Morgan fingerprint density at radius 3 is 2.12 bits per heavy atom. The Kier molecular flexibility index (Phi) is 9.22. The molecule has 0 aromatic rings. The summed E-state index contributed by atoms with van der Waals surface area (Å²) in [5.74, 6) is -1.39. The summed E-state index contributed by atoms with van der Waals surface area (Å²) in [6.07, 6.45) is 0.0869. The predicted molar refractivity (Wildman–Crippen MR) is 115 cm³/mol. The molecule has 0 aliphatic carbocycles. The molecule has 1 aliphatic rings. The number of nitrogens with one attached hydrogen (secondary N) is 1. The van der Waals surface area contributed by atoms with Crippen LogP contribution in [0.25, 0.3) is 0 Å². The molecule has 32 heavy (non-hydrogen) atoms. The zero-order valence-electron chi connectivity index (χ0n) is 19.9. The minimum absolute atomic E-state index is 0.0711. The number of hydrogen-bond acceptors (Lipinski definition) is 8. The zero-order chi connectivity index (χ0) is 24.7. The molecule has 2 amide bonds. The molecular weight excluding hydrogens is 422 g/mol. The summed E-state index contributed by atoms with van der Waals surface area (Å²) in [5.41, 5.74) is -1.26. The van der Waals surface area contributed by atoms with Gasteiger partial charge in [-0.2, -0.15) is 0 Å².